The molecule has 1 heterocycles. The van der Waals surface area contributed by atoms with Crippen molar-refractivity contribution in [3.63, 3.8) is 0 Å². The number of ether oxygens (including phenoxy) is 1. The molecule has 0 atom stereocenters. The molecule has 0 aromatic heterocycles. The van der Waals surface area contributed by atoms with Crippen LogP contribution in [0.4, 0.5) is 11.4 Å². The average molecular weight is 386 g/mol. The van der Waals surface area contributed by atoms with Crippen molar-refractivity contribution in [1.29, 1.82) is 0 Å². The highest BCUT2D eigenvalue weighted by Gasteiger charge is 2.37. The molecule has 1 aliphatic heterocycles. The first kappa shape index (κ1) is 18.4. The molecule has 3 aromatic carbocycles. The van der Waals surface area contributed by atoms with E-state index in [1.54, 1.807) is 54.6 Å². The molecule has 0 saturated heterocycles. The molecule has 144 valence electrons. The molecular weight excluding hydrogens is 368 g/mol. The molecule has 1 aliphatic rings. The molecule has 0 bridgehead atoms. The summed E-state index contributed by atoms with van der Waals surface area (Å²) in [6.07, 6.45) is 0. The molecule has 0 unspecified atom stereocenters. The second-order valence-corrected chi connectivity index (χ2v) is 6.45. The first-order valence-corrected chi connectivity index (χ1v) is 9.20. The normalized spacial score (nSPS) is 12.7. The topological polar surface area (TPSA) is 75.7 Å². The van der Waals surface area contributed by atoms with Crippen molar-refractivity contribution in [3.8, 4) is 5.75 Å². The molecule has 0 spiro atoms. The predicted octanol–water partition coefficient (Wildman–Crippen LogP) is 4.14. The number of rotatable bonds is 5. The number of fused-ring (bicyclic) bond motifs is 1. The lowest BCUT2D eigenvalue weighted by atomic mass is 10.1. The highest BCUT2D eigenvalue weighted by atomic mass is 16.5. The summed E-state index contributed by atoms with van der Waals surface area (Å²) >= 11 is 0. The van der Waals surface area contributed by atoms with Gasteiger partial charge in [0.25, 0.3) is 17.7 Å². The maximum absolute atomic E-state index is 12.8. The fourth-order valence-electron chi connectivity index (χ4n) is 3.20. The zero-order valence-corrected chi connectivity index (χ0v) is 15.7. The zero-order valence-electron chi connectivity index (χ0n) is 15.7. The van der Waals surface area contributed by atoms with E-state index < -0.39 is 11.8 Å². The SMILES string of the molecule is CCOc1ccc(NC(=O)c2ccc3c(c2)C(=O)N(c2ccccc2)C3=O)cc1. The van der Waals surface area contributed by atoms with Crippen LogP contribution in [0.5, 0.6) is 5.75 Å². The smallest absolute Gasteiger partial charge is 0.266 e. The van der Waals surface area contributed by atoms with E-state index in [1.807, 2.05) is 13.0 Å². The number of hydrogen-bond donors (Lipinski definition) is 1. The number of carbonyl (C=O) groups excluding carboxylic acids is 3. The average Bonchev–Trinajstić information content (AvgIpc) is 3.00. The molecule has 0 saturated carbocycles. The van der Waals surface area contributed by atoms with E-state index in [0.29, 0.717) is 29.3 Å². The van der Waals surface area contributed by atoms with Gasteiger partial charge in [-0.3, -0.25) is 14.4 Å². The molecule has 3 aromatic rings. The number of para-hydroxylation sites is 1. The molecule has 6 nitrogen and oxygen atoms in total. The molecule has 29 heavy (non-hydrogen) atoms. The summed E-state index contributed by atoms with van der Waals surface area (Å²) in [4.78, 5) is 39.2. The van der Waals surface area contributed by atoms with Gasteiger partial charge in [0.1, 0.15) is 5.75 Å². The Kier molecular flexibility index (Phi) is 4.83. The minimum Gasteiger partial charge on any atom is -0.494 e. The van der Waals surface area contributed by atoms with E-state index in [4.69, 9.17) is 4.74 Å². The van der Waals surface area contributed by atoms with Crippen LogP contribution in [0.2, 0.25) is 0 Å². The first-order chi connectivity index (χ1) is 14.1. The van der Waals surface area contributed by atoms with Crippen LogP contribution >= 0.6 is 0 Å². The van der Waals surface area contributed by atoms with Gasteiger partial charge in [-0.05, 0) is 61.5 Å². The Hall–Kier alpha value is -3.93. The fourth-order valence-corrected chi connectivity index (χ4v) is 3.20. The number of nitrogens with one attached hydrogen (secondary N) is 1. The van der Waals surface area contributed by atoms with Crippen molar-refractivity contribution < 1.29 is 19.1 Å². The fraction of sp³-hybridized carbons (Fsp3) is 0.0870. The summed E-state index contributed by atoms with van der Waals surface area (Å²) in [6.45, 7) is 2.46. The van der Waals surface area contributed by atoms with E-state index in [1.165, 1.54) is 12.1 Å². The zero-order chi connectivity index (χ0) is 20.4. The van der Waals surface area contributed by atoms with Crippen molar-refractivity contribution in [2.75, 3.05) is 16.8 Å². The van der Waals surface area contributed by atoms with Gasteiger partial charge in [0.05, 0.1) is 23.4 Å². The minimum absolute atomic E-state index is 0.221. The van der Waals surface area contributed by atoms with Crippen molar-refractivity contribution in [2.45, 2.75) is 6.92 Å². The Morgan fingerprint density at radius 1 is 0.897 bits per heavy atom. The van der Waals surface area contributed by atoms with Crippen molar-refractivity contribution >= 4 is 29.1 Å². The second kappa shape index (κ2) is 7.59. The molecular formula is C23H18N2O4. The third-order valence-electron chi connectivity index (χ3n) is 4.59. The summed E-state index contributed by atoms with van der Waals surface area (Å²) < 4.78 is 5.38. The van der Waals surface area contributed by atoms with Gasteiger partial charge in [-0.1, -0.05) is 18.2 Å². The van der Waals surface area contributed by atoms with Crippen molar-refractivity contribution in [2.24, 2.45) is 0 Å². The van der Waals surface area contributed by atoms with Gasteiger partial charge in [0, 0.05) is 11.3 Å². The van der Waals surface area contributed by atoms with E-state index in [2.05, 4.69) is 5.32 Å². The Balaban J connectivity index is 1.56. The van der Waals surface area contributed by atoms with Crippen LogP contribution in [0, 0.1) is 0 Å². The van der Waals surface area contributed by atoms with Gasteiger partial charge < -0.3 is 10.1 Å². The van der Waals surface area contributed by atoms with Crippen LogP contribution in [-0.4, -0.2) is 24.3 Å². The summed E-state index contributed by atoms with van der Waals surface area (Å²) in [5.74, 6) is -0.481. The molecule has 0 aliphatic carbocycles. The van der Waals surface area contributed by atoms with Crippen molar-refractivity contribution in [1.82, 2.24) is 0 Å². The summed E-state index contributed by atoms with van der Waals surface area (Å²) in [5, 5.41) is 2.78. The molecule has 0 radical (unpaired) electrons. The Labute approximate surface area is 167 Å². The number of hydrogen-bond acceptors (Lipinski definition) is 4. The third kappa shape index (κ3) is 3.48. The lowest BCUT2D eigenvalue weighted by Crippen LogP contribution is -2.29. The van der Waals surface area contributed by atoms with Gasteiger partial charge in [-0.15, -0.1) is 0 Å². The molecule has 4 rings (SSSR count). The third-order valence-corrected chi connectivity index (χ3v) is 4.59. The second-order valence-electron chi connectivity index (χ2n) is 6.45. The summed E-state index contributed by atoms with van der Waals surface area (Å²) in [7, 11) is 0. The number of anilines is 2. The van der Waals surface area contributed by atoms with E-state index in [9.17, 15) is 14.4 Å². The Morgan fingerprint density at radius 3 is 2.28 bits per heavy atom. The molecule has 6 heteroatoms. The van der Waals surface area contributed by atoms with Crippen LogP contribution < -0.4 is 15.0 Å². The van der Waals surface area contributed by atoms with Gasteiger partial charge in [0.2, 0.25) is 0 Å². The lowest BCUT2D eigenvalue weighted by molar-refractivity contribution is 0.0925. The number of carbonyl (C=O) groups is 3. The lowest BCUT2D eigenvalue weighted by Gasteiger charge is -2.13. The largest absolute Gasteiger partial charge is 0.494 e. The predicted molar refractivity (Wildman–Crippen MR) is 110 cm³/mol. The van der Waals surface area contributed by atoms with Gasteiger partial charge in [-0.25, -0.2) is 4.90 Å². The number of imide groups is 1. The standard InChI is InChI=1S/C23H18N2O4/c1-2-29-18-11-9-16(10-12-18)24-21(26)15-8-13-19-20(14-15)23(28)25(22(19)27)17-6-4-3-5-7-17/h3-14H,2H2,1H3,(H,24,26). The van der Waals surface area contributed by atoms with Crippen molar-refractivity contribution in [3.05, 3.63) is 89.5 Å². The highest BCUT2D eigenvalue weighted by molar-refractivity contribution is 6.34. The maximum Gasteiger partial charge on any atom is 0.266 e. The van der Waals surface area contributed by atoms with Gasteiger partial charge in [-0.2, -0.15) is 0 Å². The van der Waals surface area contributed by atoms with Crippen LogP contribution in [0.15, 0.2) is 72.8 Å². The number of benzene rings is 3. The Morgan fingerprint density at radius 2 is 1.59 bits per heavy atom. The van der Waals surface area contributed by atoms with Crippen LogP contribution in [-0.2, 0) is 0 Å². The van der Waals surface area contributed by atoms with E-state index in [-0.39, 0.29) is 17.0 Å². The van der Waals surface area contributed by atoms with Crippen LogP contribution in [0.3, 0.4) is 0 Å². The molecule has 0 fully saturated rings. The summed E-state index contributed by atoms with van der Waals surface area (Å²) in [6, 6.07) is 20.3. The van der Waals surface area contributed by atoms with E-state index >= 15 is 0 Å². The quantitative estimate of drug-likeness (QED) is 0.669. The van der Waals surface area contributed by atoms with Crippen LogP contribution in [0.25, 0.3) is 0 Å². The molecule has 1 N–H and O–H groups in total. The molecule has 3 amide bonds. The van der Waals surface area contributed by atoms with E-state index in [0.717, 1.165) is 4.90 Å². The van der Waals surface area contributed by atoms with Gasteiger partial charge in [0.15, 0.2) is 0 Å². The maximum atomic E-state index is 12.8. The first-order valence-electron chi connectivity index (χ1n) is 9.20. The Bertz CT molecular complexity index is 1090. The monoisotopic (exact) mass is 386 g/mol. The van der Waals surface area contributed by atoms with Crippen LogP contribution in [0.1, 0.15) is 38.0 Å². The highest BCUT2D eigenvalue weighted by Crippen LogP contribution is 2.29. The minimum atomic E-state index is -0.438. The van der Waals surface area contributed by atoms with Gasteiger partial charge >= 0.3 is 0 Å². The number of amides is 3. The number of nitrogens with zero attached hydrogens (tertiary/aromatic N) is 1. The summed E-state index contributed by atoms with van der Waals surface area (Å²) in [5.41, 5.74) is 1.91.